The molecule has 0 fully saturated rings. The fourth-order valence-electron chi connectivity index (χ4n) is 1.80. The van der Waals surface area contributed by atoms with Crippen LogP contribution in [0.3, 0.4) is 0 Å². The minimum Gasteiger partial charge on any atom is -0.388 e. The highest BCUT2D eigenvalue weighted by Gasteiger charge is 2.08. The average Bonchev–Trinajstić information content (AvgIpc) is 3.20. The van der Waals surface area contributed by atoms with Crippen molar-refractivity contribution >= 4 is 28.5 Å². The van der Waals surface area contributed by atoms with Crippen LogP contribution in [0.25, 0.3) is 10.6 Å². The smallest absolute Gasteiger partial charge is 0.177 e. The molecular weight excluding hydrogens is 320 g/mol. The van der Waals surface area contributed by atoms with Gasteiger partial charge in [-0.3, -0.25) is 0 Å². The van der Waals surface area contributed by atoms with Gasteiger partial charge in [-0.15, -0.1) is 22.7 Å². The molecule has 0 amide bonds. The van der Waals surface area contributed by atoms with Gasteiger partial charge < -0.3 is 15.1 Å². The molecule has 114 valence electrons. The first kappa shape index (κ1) is 14.7. The highest BCUT2D eigenvalue weighted by molar-refractivity contribution is 7.13. The minimum atomic E-state index is 0.214. The molecule has 6 nitrogen and oxygen atoms in total. The van der Waals surface area contributed by atoms with E-state index in [9.17, 15) is 0 Å². The van der Waals surface area contributed by atoms with Crippen LogP contribution in [0, 0.1) is 6.92 Å². The van der Waals surface area contributed by atoms with Crippen molar-refractivity contribution in [3.05, 3.63) is 45.4 Å². The number of amidine groups is 1. The van der Waals surface area contributed by atoms with Gasteiger partial charge in [0.25, 0.3) is 0 Å². The quantitative estimate of drug-likeness (QED) is 0.425. The molecule has 0 unspecified atom stereocenters. The molecule has 0 radical (unpaired) electrons. The van der Waals surface area contributed by atoms with E-state index in [0.29, 0.717) is 18.0 Å². The molecule has 0 aromatic carbocycles. The predicted octanol–water partition coefficient (Wildman–Crippen LogP) is 3.20. The van der Waals surface area contributed by atoms with Gasteiger partial charge >= 0.3 is 0 Å². The number of nitrogens with two attached hydrogens (primary N) is 1. The van der Waals surface area contributed by atoms with Gasteiger partial charge in [0.15, 0.2) is 12.4 Å². The molecule has 0 bridgehead atoms. The highest BCUT2D eigenvalue weighted by Crippen LogP contribution is 2.25. The fraction of sp³-hybridized carbons (Fsp3) is 0.214. The zero-order chi connectivity index (χ0) is 15.4. The third-order valence-electron chi connectivity index (χ3n) is 2.75. The first-order chi connectivity index (χ1) is 10.7. The zero-order valence-corrected chi connectivity index (χ0v) is 13.5. The summed E-state index contributed by atoms with van der Waals surface area (Å²) in [5.41, 5.74) is 7.38. The van der Waals surface area contributed by atoms with Gasteiger partial charge in [0.1, 0.15) is 11.5 Å². The monoisotopic (exact) mass is 334 g/mol. The maximum absolute atomic E-state index is 5.81. The van der Waals surface area contributed by atoms with Crippen LogP contribution >= 0.6 is 22.7 Å². The molecule has 3 aromatic heterocycles. The number of nitrogens with zero attached hydrogens (tertiary/aromatic N) is 3. The summed E-state index contributed by atoms with van der Waals surface area (Å²) < 4.78 is 5.26. The number of aryl methyl sites for hydroxylation is 1. The molecule has 3 rings (SSSR count). The van der Waals surface area contributed by atoms with Crippen molar-refractivity contribution in [3.8, 4) is 10.6 Å². The average molecular weight is 334 g/mol. The number of hydrogen-bond donors (Lipinski definition) is 1. The summed E-state index contributed by atoms with van der Waals surface area (Å²) in [5, 5.41) is 12.8. The van der Waals surface area contributed by atoms with Gasteiger partial charge in [-0.05, 0) is 18.4 Å². The van der Waals surface area contributed by atoms with E-state index in [1.165, 1.54) is 0 Å². The number of thiophene rings is 1. The Hall–Kier alpha value is -2.19. The molecule has 0 saturated heterocycles. The number of rotatable bonds is 6. The Kier molecular flexibility index (Phi) is 4.50. The fourth-order valence-corrected chi connectivity index (χ4v) is 3.09. The van der Waals surface area contributed by atoms with Crippen molar-refractivity contribution in [1.29, 1.82) is 0 Å². The van der Waals surface area contributed by atoms with Crippen LogP contribution in [0.4, 0.5) is 0 Å². The van der Waals surface area contributed by atoms with Gasteiger partial charge in [-0.25, -0.2) is 4.98 Å². The van der Waals surface area contributed by atoms with Crippen LogP contribution in [0.15, 0.2) is 38.6 Å². The van der Waals surface area contributed by atoms with Crippen molar-refractivity contribution in [3.63, 3.8) is 0 Å². The number of hydrogen-bond acceptors (Lipinski definition) is 7. The first-order valence-corrected chi connectivity index (χ1v) is 8.31. The van der Waals surface area contributed by atoms with Gasteiger partial charge in [0.2, 0.25) is 0 Å². The Bertz CT molecular complexity index is 762. The molecule has 0 saturated carbocycles. The molecule has 3 aromatic rings. The third-order valence-corrected chi connectivity index (χ3v) is 4.45. The number of aromatic nitrogens is 2. The van der Waals surface area contributed by atoms with Crippen molar-refractivity contribution in [2.75, 3.05) is 0 Å². The van der Waals surface area contributed by atoms with Gasteiger partial charge in [0.05, 0.1) is 22.0 Å². The van der Waals surface area contributed by atoms with Crippen molar-refractivity contribution < 1.29 is 9.36 Å². The van der Waals surface area contributed by atoms with Crippen LogP contribution in [0.2, 0.25) is 0 Å². The van der Waals surface area contributed by atoms with E-state index in [4.69, 9.17) is 15.1 Å². The summed E-state index contributed by atoms with van der Waals surface area (Å²) in [6, 6.07) is 5.77. The molecule has 8 heteroatoms. The summed E-state index contributed by atoms with van der Waals surface area (Å²) in [6.45, 7) is 2.17. The number of oxime groups is 1. The predicted molar refractivity (Wildman–Crippen MR) is 86.8 cm³/mol. The Balaban J connectivity index is 1.53. The maximum Gasteiger partial charge on any atom is 0.177 e. The first-order valence-electron chi connectivity index (χ1n) is 6.55. The molecule has 0 aliphatic carbocycles. The largest absolute Gasteiger partial charge is 0.388 e. The second-order valence-electron chi connectivity index (χ2n) is 4.55. The lowest BCUT2D eigenvalue weighted by atomic mass is 10.3. The molecule has 0 spiro atoms. The molecule has 22 heavy (non-hydrogen) atoms. The van der Waals surface area contributed by atoms with Gasteiger partial charge in [-0.1, -0.05) is 16.4 Å². The summed E-state index contributed by atoms with van der Waals surface area (Å²) in [4.78, 5) is 10.6. The lowest BCUT2D eigenvalue weighted by Crippen LogP contribution is -2.15. The van der Waals surface area contributed by atoms with Gasteiger partial charge in [-0.2, -0.15) is 0 Å². The summed E-state index contributed by atoms with van der Waals surface area (Å²) >= 11 is 3.18. The van der Waals surface area contributed by atoms with E-state index < -0.39 is 0 Å². The molecular formula is C14H14N4O2S2. The van der Waals surface area contributed by atoms with E-state index in [1.807, 2.05) is 35.9 Å². The molecule has 0 atom stereocenters. The van der Waals surface area contributed by atoms with Crippen molar-refractivity contribution in [2.24, 2.45) is 10.9 Å². The van der Waals surface area contributed by atoms with E-state index in [1.54, 1.807) is 22.7 Å². The van der Waals surface area contributed by atoms with E-state index in [-0.39, 0.29) is 6.61 Å². The minimum absolute atomic E-state index is 0.214. The maximum atomic E-state index is 5.81. The highest BCUT2D eigenvalue weighted by atomic mass is 32.1. The van der Waals surface area contributed by atoms with E-state index >= 15 is 0 Å². The van der Waals surface area contributed by atoms with Crippen LogP contribution in [0.5, 0.6) is 0 Å². The van der Waals surface area contributed by atoms with Gasteiger partial charge in [0, 0.05) is 11.4 Å². The molecule has 3 heterocycles. The normalized spacial score (nSPS) is 11.8. The zero-order valence-electron chi connectivity index (χ0n) is 11.9. The van der Waals surface area contributed by atoms with Crippen LogP contribution in [0.1, 0.15) is 16.4 Å². The number of thiazole rings is 1. The lowest BCUT2D eigenvalue weighted by molar-refractivity contribution is 0.124. The molecule has 0 aliphatic heterocycles. The lowest BCUT2D eigenvalue weighted by Gasteiger charge is -1.98. The summed E-state index contributed by atoms with van der Waals surface area (Å²) in [5.74, 6) is 1.11. The van der Waals surface area contributed by atoms with Crippen molar-refractivity contribution in [1.82, 2.24) is 10.1 Å². The third kappa shape index (κ3) is 3.71. The second-order valence-corrected chi connectivity index (χ2v) is 6.56. The topological polar surface area (TPSA) is 86.5 Å². The molecule has 2 N–H and O–H groups in total. The second kappa shape index (κ2) is 6.71. The Labute approximate surface area is 135 Å². The SMILES string of the molecule is Cc1nc(C/C(N)=N\OCc2cc(-c3cccs3)on2)cs1. The van der Waals surface area contributed by atoms with Crippen LogP contribution < -0.4 is 5.73 Å². The Morgan fingerprint density at radius 1 is 1.41 bits per heavy atom. The Morgan fingerprint density at radius 3 is 3.05 bits per heavy atom. The van der Waals surface area contributed by atoms with Crippen molar-refractivity contribution in [2.45, 2.75) is 20.0 Å². The molecule has 0 aliphatic rings. The standard InChI is InChI=1S/C14H14N4O2S2/c1-9-16-11(8-22-9)6-14(15)18-19-7-10-5-12(20-17-10)13-3-2-4-21-13/h2-5,8H,6-7H2,1H3,(H2,15,18). The van der Waals surface area contributed by atoms with E-state index in [0.717, 1.165) is 21.3 Å². The summed E-state index contributed by atoms with van der Waals surface area (Å²) in [7, 11) is 0. The summed E-state index contributed by atoms with van der Waals surface area (Å²) in [6.07, 6.45) is 0.476. The van der Waals surface area contributed by atoms with E-state index in [2.05, 4.69) is 15.3 Å². The van der Waals surface area contributed by atoms with Crippen LogP contribution in [-0.2, 0) is 17.9 Å². The Morgan fingerprint density at radius 2 is 2.32 bits per heavy atom. The van der Waals surface area contributed by atoms with Crippen LogP contribution in [-0.4, -0.2) is 16.0 Å².